The number of carbonyl (C=O) groups is 1. The first kappa shape index (κ1) is 14.7. The summed E-state index contributed by atoms with van der Waals surface area (Å²) in [5, 5.41) is 3.57. The van der Waals surface area contributed by atoms with Gasteiger partial charge in [0.15, 0.2) is 0 Å². The highest BCUT2D eigenvalue weighted by atomic mass is 35.5. The van der Waals surface area contributed by atoms with E-state index in [-0.39, 0.29) is 17.4 Å². The Morgan fingerprint density at radius 2 is 2.30 bits per heavy atom. The first-order valence-electron chi connectivity index (χ1n) is 6.47. The number of nitrogens with zero attached hydrogens (tertiary/aromatic N) is 2. The lowest BCUT2D eigenvalue weighted by Gasteiger charge is -2.31. The van der Waals surface area contributed by atoms with Crippen molar-refractivity contribution in [3.05, 3.63) is 41.7 Å². The summed E-state index contributed by atoms with van der Waals surface area (Å²) >= 11 is 5.82. The fourth-order valence-corrected chi connectivity index (χ4v) is 2.04. The van der Waals surface area contributed by atoms with E-state index < -0.39 is 0 Å². The molecule has 0 aromatic carbocycles. The third-order valence-corrected chi connectivity index (χ3v) is 3.41. The van der Waals surface area contributed by atoms with Gasteiger partial charge in [-0.05, 0) is 11.5 Å². The van der Waals surface area contributed by atoms with Crippen molar-refractivity contribution in [1.29, 1.82) is 0 Å². The van der Waals surface area contributed by atoms with Crippen LogP contribution < -0.4 is 5.32 Å². The fraction of sp³-hybridized carbons (Fsp3) is 0.429. The molecule has 5 nitrogen and oxygen atoms in total. The summed E-state index contributed by atoms with van der Waals surface area (Å²) in [6, 6.07) is 1.60. The van der Waals surface area contributed by atoms with Gasteiger partial charge in [0, 0.05) is 25.1 Å². The Hall–Kier alpha value is -1.75. The minimum atomic E-state index is -0.156. The summed E-state index contributed by atoms with van der Waals surface area (Å²) in [6.07, 6.45) is 6.96. The predicted octanol–water partition coefficient (Wildman–Crippen LogP) is 2.71. The van der Waals surface area contributed by atoms with Gasteiger partial charge in [-0.25, -0.2) is 4.98 Å². The van der Waals surface area contributed by atoms with Gasteiger partial charge in [-0.15, -0.1) is 0 Å². The molecule has 0 unspecified atom stereocenters. The summed E-state index contributed by atoms with van der Waals surface area (Å²) in [5.74, 6) is -0.156. The Morgan fingerprint density at radius 1 is 1.55 bits per heavy atom. The smallest absolute Gasteiger partial charge is 0.268 e. The molecular formula is C14H19ClN4O. The molecule has 2 heterocycles. The van der Waals surface area contributed by atoms with Crippen LogP contribution in [0.2, 0.25) is 5.02 Å². The monoisotopic (exact) mass is 294 g/mol. The molecule has 2 N–H and O–H groups in total. The summed E-state index contributed by atoms with van der Waals surface area (Å²) in [6.45, 7) is 6.95. The molecule has 0 saturated carbocycles. The van der Waals surface area contributed by atoms with Crippen molar-refractivity contribution in [1.82, 2.24) is 19.9 Å². The van der Waals surface area contributed by atoms with Crippen LogP contribution in [0.3, 0.4) is 0 Å². The highest BCUT2D eigenvalue weighted by Crippen LogP contribution is 2.21. The largest absolute Gasteiger partial charge is 0.356 e. The Morgan fingerprint density at radius 3 is 2.80 bits per heavy atom. The van der Waals surface area contributed by atoms with E-state index in [4.69, 9.17) is 11.6 Å². The maximum absolute atomic E-state index is 12.2. The molecular weight excluding hydrogens is 276 g/mol. The van der Waals surface area contributed by atoms with Crippen LogP contribution in [-0.4, -0.2) is 26.5 Å². The number of H-pyrrole nitrogens is 1. The van der Waals surface area contributed by atoms with Crippen LogP contribution in [0.25, 0.3) is 0 Å². The van der Waals surface area contributed by atoms with Gasteiger partial charge in [0.05, 0.1) is 17.4 Å². The van der Waals surface area contributed by atoms with Crippen LogP contribution in [0.15, 0.2) is 31.0 Å². The lowest BCUT2D eigenvalue weighted by Crippen LogP contribution is -2.46. The van der Waals surface area contributed by atoms with E-state index in [1.54, 1.807) is 24.8 Å². The van der Waals surface area contributed by atoms with Crippen LogP contribution in [0.1, 0.15) is 31.3 Å². The van der Waals surface area contributed by atoms with Crippen LogP contribution in [0.5, 0.6) is 0 Å². The van der Waals surface area contributed by atoms with Crippen molar-refractivity contribution < 1.29 is 4.79 Å². The molecule has 2 aromatic heterocycles. The van der Waals surface area contributed by atoms with Crippen LogP contribution in [-0.2, 0) is 6.54 Å². The highest BCUT2D eigenvalue weighted by molar-refractivity contribution is 6.30. The molecule has 0 aliphatic carbocycles. The first-order valence-corrected chi connectivity index (χ1v) is 6.84. The van der Waals surface area contributed by atoms with Gasteiger partial charge in [0.2, 0.25) is 0 Å². The maximum Gasteiger partial charge on any atom is 0.268 e. The van der Waals surface area contributed by atoms with Gasteiger partial charge in [-0.2, -0.15) is 0 Å². The molecule has 0 bridgehead atoms. The molecule has 0 saturated heterocycles. The van der Waals surface area contributed by atoms with Gasteiger partial charge < -0.3 is 14.9 Å². The van der Waals surface area contributed by atoms with Crippen molar-refractivity contribution in [2.75, 3.05) is 0 Å². The second-order valence-corrected chi connectivity index (χ2v) is 6.32. The SMILES string of the molecule is CC(C)(C)[C@@H](Cn1ccnc1)NC(=O)c1cc(Cl)c[nH]1. The summed E-state index contributed by atoms with van der Waals surface area (Å²) < 4.78 is 1.96. The van der Waals surface area contributed by atoms with Crippen molar-refractivity contribution in [2.45, 2.75) is 33.4 Å². The second-order valence-electron chi connectivity index (χ2n) is 5.88. The van der Waals surface area contributed by atoms with E-state index in [2.05, 4.69) is 36.1 Å². The third-order valence-electron chi connectivity index (χ3n) is 3.20. The van der Waals surface area contributed by atoms with Gasteiger partial charge in [0.25, 0.3) is 5.91 Å². The predicted molar refractivity (Wildman–Crippen MR) is 78.7 cm³/mol. The summed E-state index contributed by atoms with van der Waals surface area (Å²) in [7, 11) is 0. The molecule has 1 atom stereocenters. The zero-order chi connectivity index (χ0) is 14.8. The number of hydrogen-bond acceptors (Lipinski definition) is 2. The van der Waals surface area contributed by atoms with E-state index >= 15 is 0 Å². The lowest BCUT2D eigenvalue weighted by atomic mass is 9.86. The van der Waals surface area contributed by atoms with Crippen LogP contribution >= 0.6 is 11.6 Å². The molecule has 0 fully saturated rings. The van der Waals surface area contributed by atoms with Crippen molar-refractivity contribution in [3.8, 4) is 0 Å². The van der Waals surface area contributed by atoms with Crippen LogP contribution in [0, 0.1) is 5.41 Å². The van der Waals surface area contributed by atoms with Gasteiger partial charge in [-0.3, -0.25) is 4.79 Å². The normalized spacial score (nSPS) is 13.2. The van der Waals surface area contributed by atoms with E-state index in [9.17, 15) is 4.79 Å². The number of aromatic amines is 1. The topological polar surface area (TPSA) is 62.7 Å². The molecule has 20 heavy (non-hydrogen) atoms. The number of carbonyl (C=O) groups excluding carboxylic acids is 1. The summed E-state index contributed by atoms with van der Waals surface area (Å²) in [5.41, 5.74) is 0.394. The molecule has 0 aliphatic heterocycles. The fourth-order valence-electron chi connectivity index (χ4n) is 1.88. The first-order chi connectivity index (χ1) is 9.36. The number of amides is 1. The second kappa shape index (κ2) is 5.71. The zero-order valence-electron chi connectivity index (χ0n) is 11.9. The Kier molecular flexibility index (Phi) is 4.18. The molecule has 0 aliphatic rings. The van der Waals surface area contributed by atoms with Gasteiger partial charge in [0.1, 0.15) is 5.69 Å². The number of rotatable bonds is 4. The average molecular weight is 295 g/mol. The number of aromatic nitrogens is 3. The number of hydrogen-bond donors (Lipinski definition) is 2. The van der Waals surface area contributed by atoms with Gasteiger partial charge in [-0.1, -0.05) is 32.4 Å². The molecule has 6 heteroatoms. The van der Waals surface area contributed by atoms with Crippen molar-refractivity contribution >= 4 is 17.5 Å². The Bertz CT molecular complexity index is 568. The quantitative estimate of drug-likeness (QED) is 0.911. The van der Waals surface area contributed by atoms with E-state index in [1.807, 2.05) is 10.8 Å². The van der Waals surface area contributed by atoms with Crippen LogP contribution in [0.4, 0.5) is 0 Å². The molecule has 0 spiro atoms. The lowest BCUT2D eigenvalue weighted by molar-refractivity contribution is 0.0888. The van der Waals surface area contributed by atoms with E-state index in [0.29, 0.717) is 17.3 Å². The Labute approximate surface area is 123 Å². The maximum atomic E-state index is 12.2. The molecule has 2 aromatic rings. The minimum absolute atomic E-state index is 0.0220. The number of imidazole rings is 1. The number of halogens is 1. The molecule has 2 rings (SSSR count). The van der Waals surface area contributed by atoms with Crippen molar-refractivity contribution in [2.24, 2.45) is 5.41 Å². The van der Waals surface area contributed by atoms with Gasteiger partial charge >= 0.3 is 0 Å². The minimum Gasteiger partial charge on any atom is -0.356 e. The summed E-state index contributed by atoms with van der Waals surface area (Å²) in [4.78, 5) is 19.1. The third kappa shape index (κ3) is 3.63. The molecule has 1 amide bonds. The standard InChI is InChI=1S/C14H19ClN4O/c1-14(2,3)12(8-19-5-4-16-9-19)18-13(20)11-6-10(15)7-17-11/h4-7,9,12,17H,8H2,1-3H3,(H,18,20)/t12-/m1/s1. The van der Waals surface area contributed by atoms with E-state index in [0.717, 1.165) is 0 Å². The molecule has 0 radical (unpaired) electrons. The average Bonchev–Trinajstić information content (AvgIpc) is 2.98. The zero-order valence-corrected chi connectivity index (χ0v) is 12.6. The number of nitrogens with one attached hydrogen (secondary N) is 2. The van der Waals surface area contributed by atoms with E-state index in [1.165, 1.54) is 0 Å². The highest BCUT2D eigenvalue weighted by Gasteiger charge is 2.27. The molecule has 108 valence electrons. The Balaban J connectivity index is 2.10. The van der Waals surface area contributed by atoms with Crippen molar-refractivity contribution in [3.63, 3.8) is 0 Å².